The number of thioether (sulfide) groups is 1. The first kappa shape index (κ1) is 19.4. The van der Waals surface area contributed by atoms with E-state index in [0.717, 1.165) is 28.8 Å². The van der Waals surface area contributed by atoms with Gasteiger partial charge >= 0.3 is 0 Å². The van der Waals surface area contributed by atoms with Gasteiger partial charge in [-0.2, -0.15) is 0 Å². The van der Waals surface area contributed by atoms with Crippen LogP contribution in [0.3, 0.4) is 0 Å². The fraction of sp³-hybridized carbons (Fsp3) is 0.136. The Kier molecular flexibility index (Phi) is 6.38. The van der Waals surface area contributed by atoms with Crippen molar-refractivity contribution >= 4 is 34.7 Å². The van der Waals surface area contributed by atoms with E-state index in [1.165, 1.54) is 4.88 Å². The third-order valence-corrected chi connectivity index (χ3v) is 6.05. The normalized spacial score (nSPS) is 10.8. The first-order valence-corrected chi connectivity index (χ1v) is 11.2. The topological polar surface area (TPSA) is 59.8 Å². The zero-order valence-corrected chi connectivity index (χ0v) is 17.3. The number of hydrogen-bond acceptors (Lipinski definition) is 5. The van der Waals surface area contributed by atoms with Crippen molar-refractivity contribution in [3.63, 3.8) is 0 Å². The molecule has 146 valence electrons. The molecular weight excluding hydrogens is 400 g/mol. The molecule has 5 nitrogen and oxygen atoms in total. The summed E-state index contributed by atoms with van der Waals surface area (Å²) >= 11 is 3.26. The highest BCUT2D eigenvalue weighted by molar-refractivity contribution is 7.99. The van der Waals surface area contributed by atoms with Crippen LogP contribution in [-0.4, -0.2) is 26.4 Å². The number of anilines is 1. The standard InChI is InChI=1S/C22H20N4OS2/c27-21(23-17-8-3-1-4-9-17)13-15-29-22-25-24-20(16-19-12-7-14-28-19)26(22)18-10-5-2-6-11-18/h1-12,14H,13,15-16H2,(H,23,27). The Morgan fingerprint density at radius 1 is 0.966 bits per heavy atom. The Morgan fingerprint density at radius 3 is 2.45 bits per heavy atom. The summed E-state index contributed by atoms with van der Waals surface area (Å²) in [7, 11) is 0. The minimum absolute atomic E-state index is 0.00622. The maximum Gasteiger partial charge on any atom is 0.225 e. The number of amides is 1. The summed E-state index contributed by atoms with van der Waals surface area (Å²) in [5.74, 6) is 1.52. The number of nitrogens with zero attached hydrogens (tertiary/aromatic N) is 3. The summed E-state index contributed by atoms with van der Waals surface area (Å²) in [4.78, 5) is 13.5. The average molecular weight is 421 g/mol. The summed E-state index contributed by atoms with van der Waals surface area (Å²) < 4.78 is 2.08. The molecule has 4 rings (SSSR count). The summed E-state index contributed by atoms with van der Waals surface area (Å²) in [6.45, 7) is 0. The van der Waals surface area contributed by atoms with Gasteiger partial charge in [-0.25, -0.2) is 0 Å². The van der Waals surface area contributed by atoms with Gasteiger partial charge in [0.2, 0.25) is 5.91 Å². The van der Waals surface area contributed by atoms with E-state index in [4.69, 9.17) is 0 Å². The van der Waals surface area contributed by atoms with Gasteiger partial charge in [-0.15, -0.1) is 21.5 Å². The van der Waals surface area contributed by atoms with Crippen molar-refractivity contribution in [2.24, 2.45) is 0 Å². The highest BCUT2D eigenvalue weighted by atomic mass is 32.2. The fourth-order valence-corrected chi connectivity index (χ4v) is 4.50. The van der Waals surface area contributed by atoms with Crippen molar-refractivity contribution in [2.75, 3.05) is 11.1 Å². The van der Waals surface area contributed by atoms with E-state index >= 15 is 0 Å². The van der Waals surface area contributed by atoms with Crippen molar-refractivity contribution in [1.82, 2.24) is 14.8 Å². The van der Waals surface area contributed by atoms with Crippen LogP contribution in [0.4, 0.5) is 5.69 Å². The number of aromatic nitrogens is 3. The predicted molar refractivity (Wildman–Crippen MR) is 119 cm³/mol. The van der Waals surface area contributed by atoms with Gasteiger partial charge in [0.15, 0.2) is 5.16 Å². The van der Waals surface area contributed by atoms with Gasteiger partial charge in [0, 0.05) is 34.8 Å². The molecule has 0 radical (unpaired) electrons. The molecule has 1 N–H and O–H groups in total. The third kappa shape index (κ3) is 5.13. The van der Waals surface area contributed by atoms with Crippen molar-refractivity contribution in [1.29, 1.82) is 0 Å². The lowest BCUT2D eigenvalue weighted by Crippen LogP contribution is -2.12. The van der Waals surface area contributed by atoms with Crippen LogP contribution < -0.4 is 5.32 Å². The van der Waals surface area contributed by atoms with Crippen molar-refractivity contribution < 1.29 is 4.79 Å². The number of hydrogen-bond donors (Lipinski definition) is 1. The molecule has 0 spiro atoms. The van der Waals surface area contributed by atoms with E-state index in [1.54, 1.807) is 23.1 Å². The lowest BCUT2D eigenvalue weighted by molar-refractivity contribution is -0.115. The predicted octanol–water partition coefficient (Wildman–Crippen LogP) is 5.04. The van der Waals surface area contributed by atoms with Crippen LogP contribution >= 0.6 is 23.1 Å². The molecule has 7 heteroatoms. The molecule has 2 aromatic carbocycles. The van der Waals surface area contributed by atoms with Crippen LogP contribution in [0.25, 0.3) is 5.69 Å². The molecule has 0 aliphatic rings. The van der Waals surface area contributed by atoms with Crippen molar-refractivity contribution in [3.05, 3.63) is 88.9 Å². The average Bonchev–Trinajstić information content (AvgIpc) is 3.40. The molecule has 1 amide bonds. The molecular formula is C22H20N4OS2. The fourth-order valence-electron chi connectivity index (χ4n) is 2.89. The second-order valence-corrected chi connectivity index (χ2v) is 8.43. The zero-order chi connectivity index (χ0) is 19.9. The minimum atomic E-state index is -0.00622. The number of nitrogens with one attached hydrogen (secondary N) is 1. The number of thiophene rings is 1. The lowest BCUT2D eigenvalue weighted by atomic mass is 10.3. The highest BCUT2D eigenvalue weighted by Gasteiger charge is 2.15. The largest absolute Gasteiger partial charge is 0.326 e. The Bertz CT molecular complexity index is 1050. The van der Waals surface area contributed by atoms with Crippen LogP contribution in [0.1, 0.15) is 17.1 Å². The Labute approximate surface area is 177 Å². The van der Waals surface area contributed by atoms with Gasteiger partial charge < -0.3 is 5.32 Å². The first-order valence-electron chi connectivity index (χ1n) is 9.29. The van der Waals surface area contributed by atoms with Gasteiger partial charge in [-0.05, 0) is 35.7 Å². The van der Waals surface area contributed by atoms with Crippen molar-refractivity contribution in [2.45, 2.75) is 18.0 Å². The SMILES string of the molecule is O=C(CCSc1nnc(Cc2cccs2)n1-c1ccccc1)Nc1ccccc1. The number of carbonyl (C=O) groups excluding carboxylic acids is 1. The number of rotatable bonds is 8. The maximum atomic E-state index is 12.2. The monoisotopic (exact) mass is 420 g/mol. The molecule has 0 saturated heterocycles. The van der Waals surface area contributed by atoms with E-state index in [9.17, 15) is 4.79 Å². The van der Waals surface area contributed by atoms with Crippen molar-refractivity contribution in [3.8, 4) is 5.69 Å². The maximum absolute atomic E-state index is 12.2. The van der Waals surface area contributed by atoms with E-state index in [2.05, 4.69) is 31.5 Å². The minimum Gasteiger partial charge on any atom is -0.326 e. The third-order valence-electron chi connectivity index (χ3n) is 4.25. The molecule has 0 saturated carbocycles. The second kappa shape index (κ2) is 9.54. The Morgan fingerprint density at radius 2 is 1.72 bits per heavy atom. The zero-order valence-electron chi connectivity index (χ0n) is 15.7. The molecule has 0 bridgehead atoms. The van der Waals surface area contributed by atoms with Crippen LogP contribution in [-0.2, 0) is 11.2 Å². The molecule has 0 unspecified atom stereocenters. The van der Waals surface area contributed by atoms with Gasteiger partial charge in [-0.3, -0.25) is 9.36 Å². The number of carbonyl (C=O) groups is 1. The molecule has 2 aromatic heterocycles. The number of benzene rings is 2. The molecule has 0 aliphatic heterocycles. The smallest absolute Gasteiger partial charge is 0.225 e. The molecule has 29 heavy (non-hydrogen) atoms. The van der Waals surface area contributed by atoms with Gasteiger partial charge in [-0.1, -0.05) is 54.2 Å². The summed E-state index contributed by atoms with van der Waals surface area (Å²) in [6.07, 6.45) is 1.14. The molecule has 0 aliphatic carbocycles. The lowest BCUT2D eigenvalue weighted by Gasteiger charge is -2.10. The molecule has 0 atom stereocenters. The van der Waals surface area contributed by atoms with Crippen LogP contribution in [0.5, 0.6) is 0 Å². The van der Waals surface area contributed by atoms with Gasteiger partial charge in [0.05, 0.1) is 0 Å². The Balaban J connectivity index is 1.45. The molecule has 2 heterocycles. The van der Waals surface area contributed by atoms with Crippen LogP contribution in [0.2, 0.25) is 0 Å². The number of para-hydroxylation sites is 2. The second-order valence-electron chi connectivity index (χ2n) is 6.34. The highest BCUT2D eigenvalue weighted by Crippen LogP contribution is 2.25. The van der Waals surface area contributed by atoms with Crippen LogP contribution in [0, 0.1) is 0 Å². The summed E-state index contributed by atoms with van der Waals surface area (Å²) in [5.41, 5.74) is 1.84. The molecule has 4 aromatic rings. The molecule has 0 fully saturated rings. The Hall–Kier alpha value is -2.90. The van der Waals surface area contributed by atoms with E-state index < -0.39 is 0 Å². The van der Waals surface area contributed by atoms with E-state index in [1.807, 2.05) is 66.7 Å². The van der Waals surface area contributed by atoms with E-state index in [-0.39, 0.29) is 5.91 Å². The van der Waals surface area contributed by atoms with E-state index in [0.29, 0.717) is 12.2 Å². The van der Waals surface area contributed by atoms with Gasteiger partial charge in [0.1, 0.15) is 5.82 Å². The van der Waals surface area contributed by atoms with Gasteiger partial charge in [0.25, 0.3) is 0 Å². The quantitative estimate of drug-likeness (QED) is 0.406. The summed E-state index contributed by atoms with van der Waals surface area (Å²) in [6, 6.07) is 23.8. The summed E-state index contributed by atoms with van der Waals surface area (Å²) in [5, 5.41) is 14.6. The van der Waals surface area contributed by atoms with Crippen LogP contribution in [0.15, 0.2) is 83.3 Å². The first-order chi connectivity index (χ1) is 14.3.